The van der Waals surface area contributed by atoms with Gasteiger partial charge in [-0.25, -0.2) is 0 Å². The first-order valence-corrected chi connectivity index (χ1v) is 8.69. The first kappa shape index (κ1) is 16.4. The maximum atomic E-state index is 5.95. The van der Waals surface area contributed by atoms with Crippen LogP contribution >= 0.6 is 12.2 Å². The third-order valence-corrected chi connectivity index (χ3v) is 4.46. The molecule has 0 saturated heterocycles. The van der Waals surface area contributed by atoms with Crippen molar-refractivity contribution in [1.29, 1.82) is 0 Å². The molecular weight excluding hydrogens is 344 g/mol. The Balaban J connectivity index is 1.65. The van der Waals surface area contributed by atoms with Crippen molar-refractivity contribution in [3.63, 3.8) is 0 Å². The predicted molar refractivity (Wildman–Crippen MR) is 111 cm³/mol. The summed E-state index contributed by atoms with van der Waals surface area (Å²) >= 11 is 5.44. The zero-order chi connectivity index (χ0) is 18.1. The number of nitrogens with one attached hydrogen (secondary N) is 2. The molecule has 3 aromatic carbocycles. The first-order valence-electron chi connectivity index (χ1n) is 8.28. The minimum absolute atomic E-state index is 0.489. The van der Waals surface area contributed by atoms with Crippen molar-refractivity contribution < 1.29 is 9.15 Å². The van der Waals surface area contributed by atoms with Crippen LogP contribution in [0.1, 0.15) is 5.56 Å². The topological polar surface area (TPSA) is 46.4 Å². The maximum Gasteiger partial charge on any atom is 0.175 e. The number of furan rings is 1. The summed E-state index contributed by atoms with van der Waals surface area (Å²) in [6, 6.07) is 19.9. The largest absolute Gasteiger partial charge is 0.495 e. The second kappa shape index (κ2) is 6.69. The Labute approximate surface area is 156 Å². The molecule has 4 aromatic rings. The number of ether oxygens (including phenoxy) is 1. The predicted octanol–water partition coefficient (Wildman–Crippen LogP) is 5.71. The molecule has 2 N–H and O–H groups in total. The first-order chi connectivity index (χ1) is 12.6. The van der Waals surface area contributed by atoms with E-state index < -0.39 is 0 Å². The van der Waals surface area contributed by atoms with Gasteiger partial charge in [0.1, 0.15) is 16.9 Å². The van der Waals surface area contributed by atoms with Crippen LogP contribution in [0.2, 0.25) is 0 Å². The molecule has 0 unspecified atom stereocenters. The Morgan fingerprint density at radius 2 is 1.69 bits per heavy atom. The smallest absolute Gasteiger partial charge is 0.175 e. The Hall–Kier alpha value is -3.05. The van der Waals surface area contributed by atoms with E-state index in [-0.39, 0.29) is 0 Å². The Bertz CT molecular complexity index is 1100. The summed E-state index contributed by atoms with van der Waals surface area (Å²) in [5.41, 5.74) is 4.52. The zero-order valence-corrected chi connectivity index (χ0v) is 15.3. The van der Waals surface area contributed by atoms with Gasteiger partial charge in [-0.15, -0.1) is 0 Å². The van der Waals surface area contributed by atoms with Gasteiger partial charge in [0.05, 0.1) is 12.8 Å². The fraction of sp³-hybridized carbons (Fsp3) is 0.0952. The highest BCUT2D eigenvalue weighted by Gasteiger charge is 2.13. The number of thiocarbonyl (C=S) groups is 1. The number of methoxy groups -OCH3 is 1. The van der Waals surface area contributed by atoms with Gasteiger partial charge in [-0.05, 0) is 43.4 Å². The van der Waals surface area contributed by atoms with E-state index in [9.17, 15) is 0 Å². The lowest BCUT2D eigenvalue weighted by Gasteiger charge is -2.13. The molecule has 0 spiro atoms. The second-order valence-corrected chi connectivity index (χ2v) is 6.50. The van der Waals surface area contributed by atoms with E-state index >= 15 is 0 Å². The maximum absolute atomic E-state index is 5.95. The van der Waals surface area contributed by atoms with Gasteiger partial charge < -0.3 is 19.8 Å². The lowest BCUT2D eigenvalue weighted by Crippen LogP contribution is -2.19. The monoisotopic (exact) mass is 362 g/mol. The summed E-state index contributed by atoms with van der Waals surface area (Å²) in [4.78, 5) is 0. The minimum Gasteiger partial charge on any atom is -0.495 e. The van der Waals surface area contributed by atoms with Gasteiger partial charge in [0.15, 0.2) is 5.11 Å². The van der Waals surface area contributed by atoms with Gasteiger partial charge in [-0.2, -0.15) is 0 Å². The van der Waals surface area contributed by atoms with Crippen LogP contribution in [0.25, 0.3) is 21.9 Å². The van der Waals surface area contributed by atoms with Crippen LogP contribution < -0.4 is 15.4 Å². The van der Waals surface area contributed by atoms with Crippen molar-refractivity contribution in [1.82, 2.24) is 0 Å². The van der Waals surface area contributed by atoms with Crippen LogP contribution in [-0.4, -0.2) is 12.2 Å². The number of rotatable bonds is 3. The Kier molecular flexibility index (Phi) is 4.22. The number of hydrogen-bond acceptors (Lipinski definition) is 3. The number of fused-ring (bicyclic) bond motifs is 3. The van der Waals surface area contributed by atoms with Crippen LogP contribution in [0.5, 0.6) is 5.75 Å². The molecule has 0 radical (unpaired) electrons. The van der Waals surface area contributed by atoms with E-state index in [1.165, 1.54) is 5.56 Å². The Morgan fingerprint density at radius 3 is 2.46 bits per heavy atom. The molecule has 0 atom stereocenters. The third kappa shape index (κ3) is 3.09. The zero-order valence-electron chi connectivity index (χ0n) is 14.5. The molecule has 5 heteroatoms. The standard InChI is InChI=1S/C21H18N2O2S/c1-13-7-9-14(10-8-13)22-21(26)23-17-12-19-16(11-20(17)24-2)15-5-3-4-6-18(15)25-19/h3-12H,1-2H3,(H2,22,23,26). The van der Waals surface area contributed by atoms with Crippen LogP contribution in [-0.2, 0) is 0 Å². The molecule has 4 nitrogen and oxygen atoms in total. The number of para-hydroxylation sites is 1. The van der Waals surface area contributed by atoms with Gasteiger partial charge in [0.25, 0.3) is 0 Å². The van der Waals surface area contributed by atoms with E-state index in [0.717, 1.165) is 33.3 Å². The summed E-state index contributed by atoms with van der Waals surface area (Å²) in [5, 5.41) is 8.94. The van der Waals surface area contributed by atoms with Crippen molar-refractivity contribution in [2.75, 3.05) is 17.7 Å². The SMILES string of the molecule is COc1cc2c(cc1NC(=S)Nc1ccc(C)cc1)oc1ccccc12. The molecule has 1 heterocycles. The van der Waals surface area contributed by atoms with Crippen molar-refractivity contribution in [2.24, 2.45) is 0 Å². The molecule has 0 saturated carbocycles. The molecule has 1 aromatic heterocycles. The van der Waals surface area contributed by atoms with E-state index in [4.69, 9.17) is 21.4 Å². The van der Waals surface area contributed by atoms with Gasteiger partial charge in [0.2, 0.25) is 0 Å². The third-order valence-electron chi connectivity index (χ3n) is 4.26. The van der Waals surface area contributed by atoms with E-state index in [1.54, 1.807) is 7.11 Å². The molecule has 4 rings (SSSR count). The average molecular weight is 362 g/mol. The lowest BCUT2D eigenvalue weighted by atomic mass is 10.1. The molecule has 0 aliphatic carbocycles. The van der Waals surface area contributed by atoms with E-state index in [1.807, 2.05) is 67.6 Å². The summed E-state index contributed by atoms with van der Waals surface area (Å²) in [7, 11) is 1.64. The molecule has 0 aliphatic rings. The molecule has 0 fully saturated rings. The summed E-state index contributed by atoms with van der Waals surface area (Å²) in [6.45, 7) is 2.05. The van der Waals surface area contributed by atoms with Crippen LogP contribution in [0.4, 0.5) is 11.4 Å². The highest BCUT2D eigenvalue weighted by atomic mass is 32.1. The normalized spacial score (nSPS) is 10.8. The van der Waals surface area contributed by atoms with E-state index in [2.05, 4.69) is 10.6 Å². The number of anilines is 2. The molecule has 0 aliphatic heterocycles. The lowest BCUT2D eigenvalue weighted by molar-refractivity contribution is 0.417. The van der Waals surface area contributed by atoms with Crippen molar-refractivity contribution >= 4 is 50.6 Å². The molecule has 130 valence electrons. The summed E-state index contributed by atoms with van der Waals surface area (Å²) in [6.07, 6.45) is 0. The van der Waals surface area contributed by atoms with Gasteiger partial charge in [-0.3, -0.25) is 0 Å². The van der Waals surface area contributed by atoms with Gasteiger partial charge >= 0.3 is 0 Å². The minimum atomic E-state index is 0.489. The molecule has 0 bridgehead atoms. The quantitative estimate of drug-likeness (QED) is 0.457. The van der Waals surface area contributed by atoms with Gasteiger partial charge in [0, 0.05) is 22.5 Å². The second-order valence-electron chi connectivity index (χ2n) is 6.09. The summed E-state index contributed by atoms with van der Waals surface area (Å²) < 4.78 is 11.5. The fourth-order valence-corrected chi connectivity index (χ4v) is 3.17. The van der Waals surface area contributed by atoms with Gasteiger partial charge in [-0.1, -0.05) is 35.9 Å². The van der Waals surface area contributed by atoms with Crippen LogP contribution in [0, 0.1) is 6.92 Å². The van der Waals surface area contributed by atoms with Crippen LogP contribution in [0.3, 0.4) is 0 Å². The highest BCUT2D eigenvalue weighted by molar-refractivity contribution is 7.80. The average Bonchev–Trinajstić information content (AvgIpc) is 3.00. The number of hydrogen-bond donors (Lipinski definition) is 2. The molecule has 26 heavy (non-hydrogen) atoms. The Morgan fingerprint density at radius 1 is 0.923 bits per heavy atom. The number of benzene rings is 3. The van der Waals surface area contributed by atoms with Crippen LogP contribution in [0.15, 0.2) is 65.1 Å². The van der Waals surface area contributed by atoms with E-state index in [0.29, 0.717) is 10.9 Å². The van der Waals surface area contributed by atoms with Crippen molar-refractivity contribution in [2.45, 2.75) is 6.92 Å². The van der Waals surface area contributed by atoms with Crippen molar-refractivity contribution in [3.8, 4) is 5.75 Å². The highest BCUT2D eigenvalue weighted by Crippen LogP contribution is 2.36. The molecule has 0 amide bonds. The molecular formula is C21H18N2O2S. The fourth-order valence-electron chi connectivity index (χ4n) is 2.94. The van der Waals surface area contributed by atoms with Crippen molar-refractivity contribution in [3.05, 3.63) is 66.2 Å². The number of aryl methyl sites for hydroxylation is 1. The summed E-state index contributed by atoms with van der Waals surface area (Å²) in [5.74, 6) is 0.706.